The van der Waals surface area contributed by atoms with E-state index in [1.165, 1.54) is 0 Å². The van der Waals surface area contributed by atoms with Crippen molar-refractivity contribution in [3.8, 4) is 0 Å². The molecule has 1 fully saturated rings. The fourth-order valence-electron chi connectivity index (χ4n) is 2.18. The SMILES string of the molecule is CCS(=O)(=O)C1CSCCN1Cc1cc(NN)ccn1. The van der Waals surface area contributed by atoms with Crippen LogP contribution in [0, 0.1) is 0 Å². The lowest BCUT2D eigenvalue weighted by molar-refractivity contribution is 0.259. The number of hydrogen-bond acceptors (Lipinski definition) is 7. The first-order valence-corrected chi connectivity index (χ1v) is 9.38. The molecule has 1 aliphatic rings. The molecule has 8 heteroatoms. The van der Waals surface area contributed by atoms with E-state index in [9.17, 15) is 8.42 Å². The van der Waals surface area contributed by atoms with Crippen molar-refractivity contribution in [1.29, 1.82) is 0 Å². The highest BCUT2D eigenvalue weighted by Gasteiger charge is 2.32. The fraction of sp³-hybridized carbons (Fsp3) is 0.583. The summed E-state index contributed by atoms with van der Waals surface area (Å²) >= 11 is 1.69. The van der Waals surface area contributed by atoms with Gasteiger partial charge in [-0.05, 0) is 12.1 Å². The smallest absolute Gasteiger partial charge is 0.166 e. The van der Waals surface area contributed by atoms with Gasteiger partial charge < -0.3 is 5.43 Å². The molecule has 1 aromatic rings. The van der Waals surface area contributed by atoms with Crippen LogP contribution in [0.25, 0.3) is 0 Å². The van der Waals surface area contributed by atoms with Crippen molar-refractivity contribution in [2.24, 2.45) is 5.84 Å². The molecule has 2 rings (SSSR count). The highest BCUT2D eigenvalue weighted by molar-refractivity contribution is 8.01. The molecule has 1 unspecified atom stereocenters. The third-order valence-electron chi connectivity index (χ3n) is 3.36. The van der Waals surface area contributed by atoms with Gasteiger partial charge in [0, 0.05) is 36.5 Å². The fourth-order valence-corrected chi connectivity index (χ4v) is 5.26. The van der Waals surface area contributed by atoms with Crippen LogP contribution in [0.15, 0.2) is 18.3 Å². The largest absolute Gasteiger partial charge is 0.324 e. The van der Waals surface area contributed by atoms with E-state index >= 15 is 0 Å². The van der Waals surface area contributed by atoms with Gasteiger partial charge in [0.05, 0.1) is 11.4 Å². The second kappa shape index (κ2) is 6.75. The molecule has 0 radical (unpaired) electrons. The van der Waals surface area contributed by atoms with E-state index < -0.39 is 15.2 Å². The molecular formula is C12H20N4O2S2. The average molecular weight is 316 g/mol. The molecule has 0 bridgehead atoms. The summed E-state index contributed by atoms with van der Waals surface area (Å²) in [6.45, 7) is 2.99. The standard InChI is InChI=1S/C12H20N4O2S2/c1-2-20(17,18)12-9-19-6-5-16(12)8-11-7-10(15-13)3-4-14-11/h3-4,7,12H,2,5-6,8-9,13H2,1H3,(H,14,15). The zero-order valence-electron chi connectivity index (χ0n) is 11.4. The van der Waals surface area contributed by atoms with Gasteiger partial charge in [-0.25, -0.2) is 8.42 Å². The number of nitrogen functional groups attached to an aromatic ring is 1. The second-order valence-corrected chi connectivity index (χ2v) is 8.23. The molecule has 1 aromatic heterocycles. The topological polar surface area (TPSA) is 88.3 Å². The molecule has 1 aliphatic heterocycles. The third kappa shape index (κ3) is 3.63. The Morgan fingerprint density at radius 3 is 3.10 bits per heavy atom. The molecule has 0 aromatic carbocycles. The minimum absolute atomic E-state index is 0.173. The van der Waals surface area contributed by atoms with Crippen LogP contribution < -0.4 is 11.3 Å². The molecule has 6 nitrogen and oxygen atoms in total. The Kier molecular flexibility index (Phi) is 5.25. The zero-order valence-corrected chi connectivity index (χ0v) is 13.1. The Morgan fingerprint density at radius 2 is 2.40 bits per heavy atom. The van der Waals surface area contributed by atoms with Crippen molar-refractivity contribution in [3.63, 3.8) is 0 Å². The summed E-state index contributed by atoms with van der Waals surface area (Å²) in [5.74, 6) is 7.13. The summed E-state index contributed by atoms with van der Waals surface area (Å²) in [5, 5.41) is -0.414. The summed E-state index contributed by atoms with van der Waals surface area (Å²) in [7, 11) is -3.07. The van der Waals surface area contributed by atoms with E-state index in [1.54, 1.807) is 30.9 Å². The second-order valence-electron chi connectivity index (χ2n) is 4.63. The highest BCUT2D eigenvalue weighted by Crippen LogP contribution is 2.23. The van der Waals surface area contributed by atoms with Gasteiger partial charge in [-0.3, -0.25) is 15.7 Å². The quantitative estimate of drug-likeness (QED) is 0.610. The van der Waals surface area contributed by atoms with E-state index in [-0.39, 0.29) is 5.75 Å². The van der Waals surface area contributed by atoms with Gasteiger partial charge in [0.15, 0.2) is 9.84 Å². The third-order valence-corrected chi connectivity index (χ3v) is 6.69. The lowest BCUT2D eigenvalue weighted by atomic mass is 10.3. The lowest BCUT2D eigenvalue weighted by Crippen LogP contribution is -2.47. The maximum atomic E-state index is 12.2. The number of nitrogens with two attached hydrogens (primary N) is 1. The van der Waals surface area contributed by atoms with Crippen molar-refractivity contribution in [3.05, 3.63) is 24.0 Å². The maximum Gasteiger partial charge on any atom is 0.166 e. The molecule has 1 atom stereocenters. The summed E-state index contributed by atoms with van der Waals surface area (Å²) < 4.78 is 24.3. The normalized spacial score (nSPS) is 20.8. The van der Waals surface area contributed by atoms with Crippen LogP contribution in [0.3, 0.4) is 0 Å². The molecular weight excluding hydrogens is 296 g/mol. The Morgan fingerprint density at radius 1 is 1.60 bits per heavy atom. The number of hydrazine groups is 1. The van der Waals surface area contributed by atoms with E-state index in [1.807, 2.05) is 11.0 Å². The number of sulfone groups is 1. The Hall–Kier alpha value is -0.830. The molecule has 0 aliphatic carbocycles. The number of nitrogens with zero attached hydrogens (tertiary/aromatic N) is 2. The minimum Gasteiger partial charge on any atom is -0.324 e. The predicted molar refractivity (Wildman–Crippen MR) is 83.0 cm³/mol. The zero-order chi connectivity index (χ0) is 14.6. The van der Waals surface area contributed by atoms with Gasteiger partial charge in [-0.15, -0.1) is 0 Å². The molecule has 3 N–H and O–H groups in total. The van der Waals surface area contributed by atoms with Crippen LogP contribution >= 0.6 is 11.8 Å². The number of aromatic nitrogens is 1. The number of thioether (sulfide) groups is 1. The Balaban J connectivity index is 2.16. The van der Waals surface area contributed by atoms with Crippen LogP contribution in [0.2, 0.25) is 0 Å². The lowest BCUT2D eigenvalue weighted by Gasteiger charge is -2.34. The molecule has 0 spiro atoms. The summed E-state index contributed by atoms with van der Waals surface area (Å²) in [6.07, 6.45) is 1.67. The van der Waals surface area contributed by atoms with Crippen LogP contribution in [-0.2, 0) is 16.4 Å². The van der Waals surface area contributed by atoms with E-state index in [4.69, 9.17) is 5.84 Å². The van der Waals surface area contributed by atoms with Crippen molar-refractivity contribution in [1.82, 2.24) is 9.88 Å². The predicted octanol–water partition coefficient (Wildman–Crippen LogP) is 0.677. The molecule has 20 heavy (non-hydrogen) atoms. The Labute approximate surface area is 124 Å². The first-order valence-electron chi connectivity index (χ1n) is 6.51. The molecule has 2 heterocycles. The Bertz CT molecular complexity index is 550. The highest BCUT2D eigenvalue weighted by atomic mass is 32.2. The number of hydrogen-bond donors (Lipinski definition) is 2. The number of rotatable bonds is 5. The number of pyridine rings is 1. The van der Waals surface area contributed by atoms with Crippen molar-refractivity contribution in [2.75, 3.05) is 29.2 Å². The molecule has 112 valence electrons. The summed E-state index contributed by atoms with van der Waals surface area (Å²) in [6, 6.07) is 3.62. The molecule has 1 saturated heterocycles. The number of anilines is 1. The van der Waals surface area contributed by atoms with Crippen molar-refractivity contribution < 1.29 is 8.42 Å². The monoisotopic (exact) mass is 316 g/mol. The molecule has 0 saturated carbocycles. The number of nitrogens with one attached hydrogen (secondary N) is 1. The van der Waals surface area contributed by atoms with Gasteiger partial charge in [-0.2, -0.15) is 11.8 Å². The maximum absolute atomic E-state index is 12.2. The summed E-state index contributed by atoms with van der Waals surface area (Å²) in [5.41, 5.74) is 4.17. The van der Waals surface area contributed by atoms with Gasteiger partial charge in [-0.1, -0.05) is 6.92 Å². The van der Waals surface area contributed by atoms with Crippen LogP contribution in [0.5, 0.6) is 0 Å². The van der Waals surface area contributed by atoms with Gasteiger partial charge in [0.2, 0.25) is 0 Å². The first-order chi connectivity index (χ1) is 9.56. The minimum atomic E-state index is -3.07. The van der Waals surface area contributed by atoms with Crippen LogP contribution in [0.4, 0.5) is 5.69 Å². The van der Waals surface area contributed by atoms with Gasteiger partial charge >= 0.3 is 0 Å². The average Bonchev–Trinajstić information content (AvgIpc) is 2.48. The molecule has 0 amide bonds. The van der Waals surface area contributed by atoms with Crippen molar-refractivity contribution in [2.45, 2.75) is 18.8 Å². The van der Waals surface area contributed by atoms with Crippen molar-refractivity contribution >= 4 is 27.3 Å². The van der Waals surface area contributed by atoms with E-state index in [2.05, 4.69) is 10.4 Å². The van der Waals surface area contributed by atoms with Crippen LogP contribution in [-0.4, -0.2) is 47.5 Å². The van der Waals surface area contributed by atoms with Crippen LogP contribution in [0.1, 0.15) is 12.6 Å². The van der Waals surface area contributed by atoms with Gasteiger partial charge in [0.25, 0.3) is 0 Å². The summed E-state index contributed by atoms with van der Waals surface area (Å²) in [4.78, 5) is 6.28. The van der Waals surface area contributed by atoms with E-state index in [0.717, 1.165) is 23.7 Å². The van der Waals surface area contributed by atoms with Gasteiger partial charge in [0.1, 0.15) is 5.37 Å². The first kappa shape index (κ1) is 15.6. The van der Waals surface area contributed by atoms with E-state index in [0.29, 0.717) is 12.3 Å².